The minimum atomic E-state index is -0.0768. The zero-order valence-electron chi connectivity index (χ0n) is 23.0. The maximum atomic E-state index is 13.3. The van der Waals surface area contributed by atoms with E-state index in [0.717, 1.165) is 48.3 Å². The van der Waals surface area contributed by atoms with Gasteiger partial charge in [0.2, 0.25) is 0 Å². The molecule has 0 unspecified atom stereocenters. The van der Waals surface area contributed by atoms with Crippen LogP contribution in [0.3, 0.4) is 0 Å². The summed E-state index contributed by atoms with van der Waals surface area (Å²) in [6.45, 7) is 6.51. The Hall–Kier alpha value is -2.70. The quantitative estimate of drug-likeness (QED) is 0.214. The van der Waals surface area contributed by atoms with Crippen LogP contribution in [0.2, 0.25) is 0 Å². The summed E-state index contributed by atoms with van der Waals surface area (Å²) in [6.07, 6.45) is 3.41. The van der Waals surface area contributed by atoms with E-state index in [-0.39, 0.29) is 23.4 Å². The second kappa shape index (κ2) is 15.4. The number of carbonyl (C=O) groups is 2. The molecule has 0 radical (unpaired) electrons. The molecule has 0 aliphatic carbocycles. The molecule has 6 nitrogen and oxygen atoms in total. The molecule has 198 valence electrons. The molecule has 36 heavy (non-hydrogen) atoms. The molecule has 0 aliphatic rings. The minimum Gasteiger partial charge on any atom is -0.494 e. The van der Waals surface area contributed by atoms with E-state index in [1.54, 1.807) is 0 Å². The Bertz CT molecular complexity index is 845. The first-order chi connectivity index (χ1) is 17.2. The molecule has 0 aromatic heterocycles. The standard InChI is InChI=1S/C30H44N2O4/c1-7-35-27-17-13-23(14-18-27)29(33)25(21-31(3)4)11-9-10-12-26(22-32(5)6)30(34)24-15-19-28(20-16-24)36-8-2/h13-20,25-26H,7-12,21-22H2,1-6H3/t25-,26-/m1/s1. The van der Waals surface area contributed by atoms with Crippen molar-refractivity contribution in [3.05, 3.63) is 59.7 Å². The molecule has 0 N–H and O–H groups in total. The Labute approximate surface area is 217 Å². The van der Waals surface area contributed by atoms with E-state index >= 15 is 0 Å². The van der Waals surface area contributed by atoms with Gasteiger partial charge in [0.05, 0.1) is 13.2 Å². The molecule has 2 aromatic carbocycles. The summed E-state index contributed by atoms with van der Waals surface area (Å²) >= 11 is 0. The predicted molar refractivity (Wildman–Crippen MR) is 146 cm³/mol. The third-order valence-corrected chi connectivity index (χ3v) is 6.17. The molecule has 2 atom stereocenters. The van der Waals surface area contributed by atoms with E-state index in [2.05, 4.69) is 9.80 Å². The first-order valence-electron chi connectivity index (χ1n) is 13.1. The highest BCUT2D eigenvalue weighted by Crippen LogP contribution is 2.23. The fourth-order valence-electron chi connectivity index (χ4n) is 4.51. The lowest BCUT2D eigenvalue weighted by Crippen LogP contribution is -2.29. The lowest BCUT2D eigenvalue weighted by Gasteiger charge is -2.22. The summed E-state index contributed by atoms with van der Waals surface area (Å²) < 4.78 is 11.0. The van der Waals surface area contributed by atoms with Gasteiger partial charge in [-0.25, -0.2) is 0 Å². The summed E-state index contributed by atoms with van der Waals surface area (Å²) in [5, 5.41) is 0. The first-order valence-corrected chi connectivity index (χ1v) is 13.1. The Kier molecular flexibility index (Phi) is 12.6. The van der Waals surface area contributed by atoms with Gasteiger partial charge in [0, 0.05) is 36.1 Å². The van der Waals surface area contributed by atoms with Crippen molar-refractivity contribution in [2.75, 3.05) is 54.5 Å². The van der Waals surface area contributed by atoms with Crippen molar-refractivity contribution in [1.29, 1.82) is 0 Å². The van der Waals surface area contributed by atoms with Crippen LogP contribution in [0.1, 0.15) is 60.2 Å². The molecule has 0 fully saturated rings. The maximum Gasteiger partial charge on any atom is 0.167 e. The van der Waals surface area contributed by atoms with Gasteiger partial charge >= 0.3 is 0 Å². The molecule has 0 amide bonds. The monoisotopic (exact) mass is 496 g/mol. The van der Waals surface area contributed by atoms with E-state index in [1.807, 2.05) is 90.6 Å². The Morgan fingerprint density at radius 2 is 0.972 bits per heavy atom. The van der Waals surface area contributed by atoms with E-state index in [1.165, 1.54) is 0 Å². The van der Waals surface area contributed by atoms with Crippen LogP contribution in [-0.2, 0) is 0 Å². The lowest BCUT2D eigenvalue weighted by molar-refractivity contribution is 0.0867. The minimum absolute atomic E-state index is 0.0768. The molecule has 0 saturated carbocycles. The highest BCUT2D eigenvalue weighted by atomic mass is 16.5. The Morgan fingerprint density at radius 1 is 0.639 bits per heavy atom. The number of benzene rings is 2. The largest absolute Gasteiger partial charge is 0.494 e. The molecule has 2 aromatic rings. The van der Waals surface area contributed by atoms with Crippen LogP contribution in [0.25, 0.3) is 0 Å². The van der Waals surface area contributed by atoms with E-state index in [9.17, 15) is 9.59 Å². The van der Waals surface area contributed by atoms with E-state index in [4.69, 9.17) is 9.47 Å². The number of hydrogen-bond donors (Lipinski definition) is 0. The van der Waals surface area contributed by atoms with Crippen molar-refractivity contribution in [2.45, 2.75) is 39.5 Å². The van der Waals surface area contributed by atoms with Gasteiger partial charge in [-0.05, 0) is 103 Å². The van der Waals surface area contributed by atoms with Crippen molar-refractivity contribution >= 4 is 11.6 Å². The number of unbranched alkanes of at least 4 members (excludes halogenated alkanes) is 1. The average Bonchev–Trinajstić information content (AvgIpc) is 2.85. The maximum absolute atomic E-state index is 13.3. The second-order valence-corrected chi connectivity index (χ2v) is 9.85. The summed E-state index contributed by atoms with van der Waals surface area (Å²) in [5.74, 6) is 1.74. The number of hydrogen-bond acceptors (Lipinski definition) is 6. The summed E-state index contributed by atoms with van der Waals surface area (Å²) in [4.78, 5) is 30.6. The normalized spacial score (nSPS) is 13.0. The molecule has 0 aliphatic heterocycles. The van der Waals surface area contributed by atoms with Crippen LogP contribution in [0.4, 0.5) is 0 Å². The zero-order valence-corrected chi connectivity index (χ0v) is 23.0. The average molecular weight is 497 g/mol. The Morgan fingerprint density at radius 3 is 1.25 bits per heavy atom. The molecule has 0 saturated heterocycles. The van der Waals surface area contributed by atoms with Crippen LogP contribution in [-0.4, -0.2) is 75.9 Å². The van der Waals surface area contributed by atoms with Crippen molar-refractivity contribution in [3.63, 3.8) is 0 Å². The second-order valence-electron chi connectivity index (χ2n) is 9.85. The number of nitrogens with zero attached hydrogens (tertiary/aromatic N) is 2. The molecule has 6 heteroatoms. The third-order valence-electron chi connectivity index (χ3n) is 6.17. The van der Waals surface area contributed by atoms with Crippen LogP contribution in [0, 0.1) is 11.8 Å². The number of ketones is 2. The number of carbonyl (C=O) groups excluding carboxylic acids is 2. The fraction of sp³-hybridized carbons (Fsp3) is 0.533. The predicted octanol–water partition coefficient (Wildman–Crippen LogP) is 5.47. The van der Waals surface area contributed by atoms with Crippen molar-refractivity contribution < 1.29 is 19.1 Å². The van der Waals surface area contributed by atoms with Gasteiger partial charge in [0.1, 0.15) is 11.5 Å². The van der Waals surface area contributed by atoms with Gasteiger partial charge in [0.25, 0.3) is 0 Å². The third kappa shape index (κ3) is 9.75. The van der Waals surface area contributed by atoms with Crippen molar-refractivity contribution in [1.82, 2.24) is 9.80 Å². The van der Waals surface area contributed by atoms with Crippen LogP contribution in [0.15, 0.2) is 48.5 Å². The fourth-order valence-corrected chi connectivity index (χ4v) is 4.51. The van der Waals surface area contributed by atoms with E-state index in [0.29, 0.717) is 26.3 Å². The molecule has 0 spiro atoms. The number of Topliss-reactive ketones (excluding diaryl/α,β-unsaturated/α-hetero) is 2. The van der Waals surface area contributed by atoms with Crippen molar-refractivity contribution in [3.8, 4) is 11.5 Å². The summed E-state index contributed by atoms with van der Waals surface area (Å²) in [5.41, 5.74) is 1.45. The molecular weight excluding hydrogens is 452 g/mol. The van der Waals surface area contributed by atoms with Crippen LogP contribution >= 0.6 is 0 Å². The van der Waals surface area contributed by atoms with Gasteiger partial charge in [-0.3, -0.25) is 9.59 Å². The summed E-state index contributed by atoms with van der Waals surface area (Å²) in [7, 11) is 8.00. The first kappa shape index (κ1) is 29.5. The smallest absolute Gasteiger partial charge is 0.167 e. The highest BCUT2D eigenvalue weighted by molar-refractivity contribution is 5.98. The van der Waals surface area contributed by atoms with Gasteiger partial charge < -0.3 is 19.3 Å². The SMILES string of the molecule is CCOc1ccc(C(=O)[C@H](CCCC[C@H](CN(C)C)C(=O)c2ccc(OCC)cc2)CN(C)C)cc1. The summed E-state index contributed by atoms with van der Waals surface area (Å²) in [6, 6.07) is 14.9. The zero-order chi connectivity index (χ0) is 26.5. The number of rotatable bonds is 17. The lowest BCUT2D eigenvalue weighted by atomic mass is 9.88. The Balaban J connectivity index is 1.99. The highest BCUT2D eigenvalue weighted by Gasteiger charge is 2.23. The topological polar surface area (TPSA) is 59.1 Å². The van der Waals surface area contributed by atoms with Gasteiger partial charge in [0.15, 0.2) is 11.6 Å². The molecular formula is C30H44N2O4. The van der Waals surface area contributed by atoms with Gasteiger partial charge in [-0.2, -0.15) is 0 Å². The molecule has 2 rings (SSSR count). The van der Waals surface area contributed by atoms with Gasteiger partial charge in [-0.15, -0.1) is 0 Å². The molecule has 0 heterocycles. The number of ether oxygens (including phenoxy) is 2. The van der Waals surface area contributed by atoms with Crippen LogP contribution in [0.5, 0.6) is 11.5 Å². The molecule has 0 bridgehead atoms. The van der Waals surface area contributed by atoms with Gasteiger partial charge in [-0.1, -0.05) is 12.8 Å². The van der Waals surface area contributed by atoms with Crippen molar-refractivity contribution in [2.24, 2.45) is 11.8 Å². The van der Waals surface area contributed by atoms with Crippen LogP contribution < -0.4 is 9.47 Å². The van der Waals surface area contributed by atoms with E-state index < -0.39 is 0 Å².